The Bertz CT molecular complexity index is 606. The monoisotopic (exact) mass is 294 g/mol. The van der Waals surface area contributed by atoms with Crippen LogP contribution in [0.1, 0.15) is 37.6 Å². The third kappa shape index (κ3) is 5.17. The van der Waals surface area contributed by atoms with E-state index >= 15 is 0 Å². The molecule has 0 saturated carbocycles. The molecular formula is C19H22N2O. The van der Waals surface area contributed by atoms with Crippen molar-refractivity contribution in [3.05, 3.63) is 72.1 Å². The number of carbonyl (C=O) groups excluding carboxylic acids is 1. The standard InChI is InChI=1S/C19H22N2O/c1-15(2)14-18(16-8-4-3-5-9-16)21-19(22)12-11-17-10-6-7-13-20-17/h3-13,15,18H,14H2,1-2H3,(H,21,22)/b12-11+. The first-order valence-corrected chi connectivity index (χ1v) is 7.59. The van der Waals surface area contributed by atoms with Gasteiger partial charge in [-0.3, -0.25) is 9.78 Å². The quantitative estimate of drug-likeness (QED) is 0.818. The van der Waals surface area contributed by atoms with Gasteiger partial charge in [0.25, 0.3) is 0 Å². The van der Waals surface area contributed by atoms with Crippen molar-refractivity contribution in [3.8, 4) is 0 Å². The van der Waals surface area contributed by atoms with Gasteiger partial charge >= 0.3 is 0 Å². The zero-order valence-corrected chi connectivity index (χ0v) is 13.1. The summed E-state index contributed by atoms with van der Waals surface area (Å²) in [5.41, 5.74) is 1.91. The minimum atomic E-state index is -0.0971. The van der Waals surface area contributed by atoms with Crippen molar-refractivity contribution in [1.29, 1.82) is 0 Å². The number of aromatic nitrogens is 1. The summed E-state index contributed by atoms with van der Waals surface area (Å²) >= 11 is 0. The first-order chi connectivity index (χ1) is 10.6. The van der Waals surface area contributed by atoms with Gasteiger partial charge in [-0.25, -0.2) is 0 Å². The van der Waals surface area contributed by atoms with E-state index in [4.69, 9.17) is 0 Å². The lowest BCUT2D eigenvalue weighted by Crippen LogP contribution is -2.27. The molecule has 2 rings (SSSR count). The predicted molar refractivity (Wildman–Crippen MR) is 90.1 cm³/mol. The molecule has 1 N–H and O–H groups in total. The zero-order chi connectivity index (χ0) is 15.8. The summed E-state index contributed by atoms with van der Waals surface area (Å²) in [7, 11) is 0. The molecule has 114 valence electrons. The molecule has 0 aliphatic rings. The maximum Gasteiger partial charge on any atom is 0.244 e. The molecule has 1 amide bonds. The van der Waals surface area contributed by atoms with Gasteiger partial charge in [0.2, 0.25) is 5.91 Å². The Kier molecular flexibility index (Phi) is 5.90. The number of nitrogens with zero attached hydrogens (tertiary/aromatic N) is 1. The molecular weight excluding hydrogens is 272 g/mol. The molecule has 1 atom stereocenters. The second-order valence-electron chi connectivity index (χ2n) is 5.69. The Morgan fingerprint density at radius 3 is 2.50 bits per heavy atom. The average Bonchev–Trinajstić information content (AvgIpc) is 2.54. The second-order valence-corrected chi connectivity index (χ2v) is 5.69. The summed E-state index contributed by atoms with van der Waals surface area (Å²) < 4.78 is 0. The number of hydrogen-bond donors (Lipinski definition) is 1. The van der Waals surface area contributed by atoms with Crippen LogP contribution in [0.5, 0.6) is 0 Å². The highest BCUT2D eigenvalue weighted by molar-refractivity contribution is 5.91. The van der Waals surface area contributed by atoms with Gasteiger partial charge < -0.3 is 5.32 Å². The van der Waals surface area contributed by atoms with E-state index in [0.29, 0.717) is 5.92 Å². The van der Waals surface area contributed by atoms with Crippen molar-refractivity contribution in [3.63, 3.8) is 0 Å². The minimum absolute atomic E-state index is 0.0297. The molecule has 1 aromatic heterocycles. The fourth-order valence-corrected chi connectivity index (χ4v) is 2.29. The van der Waals surface area contributed by atoms with E-state index in [-0.39, 0.29) is 11.9 Å². The molecule has 1 heterocycles. The van der Waals surface area contributed by atoms with Crippen LogP contribution in [0.4, 0.5) is 0 Å². The molecule has 3 nitrogen and oxygen atoms in total. The summed E-state index contributed by atoms with van der Waals surface area (Å²) in [5, 5.41) is 3.08. The van der Waals surface area contributed by atoms with Gasteiger partial charge in [0, 0.05) is 12.3 Å². The molecule has 0 spiro atoms. The SMILES string of the molecule is CC(C)CC(NC(=O)/C=C/c1ccccn1)c1ccccc1. The number of nitrogens with one attached hydrogen (secondary N) is 1. The summed E-state index contributed by atoms with van der Waals surface area (Å²) in [6.07, 6.45) is 5.89. The Hall–Kier alpha value is -2.42. The van der Waals surface area contributed by atoms with Crippen LogP contribution in [0.25, 0.3) is 6.08 Å². The van der Waals surface area contributed by atoms with Gasteiger partial charge in [-0.05, 0) is 36.1 Å². The number of rotatable bonds is 6. The van der Waals surface area contributed by atoms with Gasteiger partial charge in [-0.2, -0.15) is 0 Å². The topological polar surface area (TPSA) is 42.0 Å². The Balaban J connectivity index is 2.04. The van der Waals surface area contributed by atoms with E-state index in [2.05, 4.69) is 36.3 Å². The number of carbonyl (C=O) groups is 1. The van der Waals surface area contributed by atoms with Crippen LogP contribution >= 0.6 is 0 Å². The largest absolute Gasteiger partial charge is 0.346 e. The van der Waals surface area contributed by atoms with Crippen LogP contribution in [0.15, 0.2) is 60.8 Å². The van der Waals surface area contributed by atoms with E-state index in [0.717, 1.165) is 17.7 Å². The van der Waals surface area contributed by atoms with Gasteiger partial charge in [-0.15, -0.1) is 0 Å². The maximum absolute atomic E-state index is 12.2. The van der Waals surface area contributed by atoms with E-state index in [9.17, 15) is 4.79 Å². The average molecular weight is 294 g/mol. The molecule has 1 aromatic carbocycles. The molecule has 0 aliphatic carbocycles. The van der Waals surface area contributed by atoms with Crippen LogP contribution in [-0.4, -0.2) is 10.9 Å². The highest BCUT2D eigenvalue weighted by Gasteiger charge is 2.14. The van der Waals surface area contributed by atoms with Crippen molar-refractivity contribution in [2.45, 2.75) is 26.3 Å². The van der Waals surface area contributed by atoms with Crippen molar-refractivity contribution < 1.29 is 4.79 Å². The van der Waals surface area contributed by atoms with Gasteiger partial charge in [-0.1, -0.05) is 50.2 Å². The third-order valence-corrected chi connectivity index (χ3v) is 3.32. The Morgan fingerprint density at radius 1 is 1.14 bits per heavy atom. The lowest BCUT2D eigenvalue weighted by molar-refractivity contribution is -0.117. The van der Waals surface area contributed by atoms with Crippen LogP contribution in [0.2, 0.25) is 0 Å². The van der Waals surface area contributed by atoms with Crippen molar-refractivity contribution >= 4 is 12.0 Å². The Labute approximate surface area is 132 Å². The van der Waals surface area contributed by atoms with E-state index < -0.39 is 0 Å². The Morgan fingerprint density at radius 2 is 1.86 bits per heavy atom. The van der Waals surface area contributed by atoms with Crippen LogP contribution in [0, 0.1) is 5.92 Å². The normalized spacial score (nSPS) is 12.5. The summed E-state index contributed by atoms with van der Waals surface area (Å²) in [5.74, 6) is 0.408. The highest BCUT2D eigenvalue weighted by atomic mass is 16.1. The predicted octanol–water partition coefficient (Wildman–Crippen LogP) is 4.00. The zero-order valence-electron chi connectivity index (χ0n) is 13.1. The number of pyridine rings is 1. The van der Waals surface area contributed by atoms with Crippen molar-refractivity contribution in [1.82, 2.24) is 10.3 Å². The lowest BCUT2D eigenvalue weighted by atomic mass is 9.97. The second kappa shape index (κ2) is 8.13. The van der Waals surface area contributed by atoms with Gasteiger partial charge in [0.15, 0.2) is 0 Å². The third-order valence-electron chi connectivity index (χ3n) is 3.32. The summed E-state index contributed by atoms with van der Waals surface area (Å²) in [6, 6.07) is 15.7. The molecule has 0 radical (unpaired) electrons. The van der Waals surface area contributed by atoms with Crippen molar-refractivity contribution in [2.24, 2.45) is 5.92 Å². The molecule has 0 fully saturated rings. The highest BCUT2D eigenvalue weighted by Crippen LogP contribution is 2.21. The molecule has 0 saturated heterocycles. The van der Waals surface area contributed by atoms with E-state index in [1.54, 1.807) is 18.3 Å². The molecule has 22 heavy (non-hydrogen) atoms. The number of benzene rings is 1. The fourth-order valence-electron chi connectivity index (χ4n) is 2.29. The summed E-state index contributed by atoms with van der Waals surface area (Å²) in [6.45, 7) is 4.32. The van der Waals surface area contributed by atoms with Crippen LogP contribution in [0.3, 0.4) is 0 Å². The summed E-state index contributed by atoms with van der Waals surface area (Å²) in [4.78, 5) is 16.3. The number of hydrogen-bond acceptors (Lipinski definition) is 2. The molecule has 0 aliphatic heterocycles. The van der Waals surface area contributed by atoms with Gasteiger partial charge in [0.1, 0.15) is 0 Å². The van der Waals surface area contributed by atoms with E-state index in [1.165, 1.54) is 0 Å². The van der Waals surface area contributed by atoms with Crippen LogP contribution in [-0.2, 0) is 4.79 Å². The van der Waals surface area contributed by atoms with Crippen LogP contribution < -0.4 is 5.32 Å². The van der Waals surface area contributed by atoms with E-state index in [1.807, 2.05) is 36.4 Å². The first kappa shape index (κ1) is 16.0. The molecule has 2 aromatic rings. The lowest BCUT2D eigenvalue weighted by Gasteiger charge is -2.20. The number of amides is 1. The van der Waals surface area contributed by atoms with Crippen molar-refractivity contribution in [2.75, 3.05) is 0 Å². The molecule has 1 unspecified atom stereocenters. The fraction of sp³-hybridized carbons (Fsp3) is 0.263. The minimum Gasteiger partial charge on any atom is -0.346 e. The first-order valence-electron chi connectivity index (χ1n) is 7.59. The molecule has 3 heteroatoms. The smallest absolute Gasteiger partial charge is 0.244 e. The molecule has 0 bridgehead atoms. The van der Waals surface area contributed by atoms with Gasteiger partial charge in [0.05, 0.1) is 11.7 Å². The maximum atomic E-state index is 12.2.